The Morgan fingerprint density at radius 2 is 2.03 bits per heavy atom. The number of hydrogen-bond acceptors (Lipinski definition) is 4. The summed E-state index contributed by atoms with van der Waals surface area (Å²) in [6, 6.07) is 6.66. The minimum atomic E-state index is 0.370. The first-order chi connectivity index (χ1) is 14.2. The molecule has 6 nitrogen and oxygen atoms in total. The van der Waals surface area contributed by atoms with Crippen LogP contribution in [0.2, 0.25) is 0 Å². The molecule has 2 N–H and O–H groups in total. The van der Waals surface area contributed by atoms with E-state index in [0.717, 1.165) is 42.2 Å². The maximum absolute atomic E-state index is 4.72. The lowest BCUT2D eigenvalue weighted by Crippen LogP contribution is -2.31. The fourth-order valence-electron chi connectivity index (χ4n) is 4.36. The number of rotatable bonds is 5. The highest BCUT2D eigenvalue weighted by atomic mass is 15.2. The van der Waals surface area contributed by atoms with E-state index in [-0.39, 0.29) is 0 Å². The Labute approximate surface area is 170 Å². The number of anilines is 1. The van der Waals surface area contributed by atoms with Crippen LogP contribution in [0.5, 0.6) is 0 Å². The summed E-state index contributed by atoms with van der Waals surface area (Å²) in [5.74, 6) is 0.732. The van der Waals surface area contributed by atoms with Gasteiger partial charge in [0.25, 0.3) is 0 Å². The molecule has 0 unspecified atom stereocenters. The Balaban J connectivity index is 1.57. The van der Waals surface area contributed by atoms with Gasteiger partial charge in [-0.05, 0) is 57.8 Å². The quantitative estimate of drug-likeness (QED) is 0.534. The van der Waals surface area contributed by atoms with Crippen LogP contribution >= 0.6 is 0 Å². The van der Waals surface area contributed by atoms with Gasteiger partial charge in [0.05, 0.1) is 22.9 Å². The summed E-state index contributed by atoms with van der Waals surface area (Å²) < 4.78 is 4.35. The lowest BCUT2D eigenvalue weighted by molar-refractivity contribution is 0.390. The molecule has 0 spiro atoms. The van der Waals surface area contributed by atoms with Crippen molar-refractivity contribution >= 4 is 22.1 Å². The zero-order valence-electron chi connectivity index (χ0n) is 17.1. The molecule has 0 saturated carbocycles. The van der Waals surface area contributed by atoms with Gasteiger partial charge in [-0.2, -0.15) is 5.10 Å². The van der Waals surface area contributed by atoms with Crippen LogP contribution in [-0.4, -0.2) is 38.8 Å². The SMILES string of the molecule is CC(C)n1cc(NCC2CCNCC2)c2cnn3cc(-c4cccnc4)cc3c21. The summed E-state index contributed by atoms with van der Waals surface area (Å²) in [5, 5.41) is 13.1. The van der Waals surface area contributed by atoms with E-state index in [9.17, 15) is 0 Å². The summed E-state index contributed by atoms with van der Waals surface area (Å²) >= 11 is 0. The van der Waals surface area contributed by atoms with Crippen molar-refractivity contribution in [3.05, 3.63) is 49.2 Å². The summed E-state index contributed by atoms with van der Waals surface area (Å²) in [5.41, 5.74) is 5.80. The molecule has 5 heterocycles. The van der Waals surface area contributed by atoms with Gasteiger partial charge in [0, 0.05) is 53.9 Å². The predicted molar refractivity (Wildman–Crippen MR) is 118 cm³/mol. The van der Waals surface area contributed by atoms with Gasteiger partial charge in [-0.15, -0.1) is 0 Å². The molecule has 1 aliphatic rings. The third-order valence-corrected chi connectivity index (χ3v) is 6.02. The van der Waals surface area contributed by atoms with Crippen LogP contribution in [-0.2, 0) is 0 Å². The number of hydrogen-bond donors (Lipinski definition) is 2. The Bertz CT molecular complexity index is 1120. The van der Waals surface area contributed by atoms with E-state index in [1.807, 2.05) is 23.0 Å². The Morgan fingerprint density at radius 3 is 2.79 bits per heavy atom. The molecule has 6 heteroatoms. The van der Waals surface area contributed by atoms with E-state index < -0.39 is 0 Å². The largest absolute Gasteiger partial charge is 0.383 e. The van der Waals surface area contributed by atoms with Gasteiger partial charge in [0.15, 0.2) is 0 Å². The Hall–Kier alpha value is -2.86. The lowest BCUT2D eigenvalue weighted by Gasteiger charge is -2.23. The molecule has 5 rings (SSSR count). The highest BCUT2D eigenvalue weighted by Crippen LogP contribution is 2.33. The monoisotopic (exact) mass is 388 g/mol. The molecule has 0 aliphatic carbocycles. The molecule has 150 valence electrons. The molecule has 1 aliphatic heterocycles. The molecule has 1 saturated heterocycles. The van der Waals surface area contributed by atoms with Gasteiger partial charge >= 0.3 is 0 Å². The third kappa shape index (κ3) is 3.38. The van der Waals surface area contributed by atoms with Gasteiger partial charge in [-0.3, -0.25) is 4.98 Å². The lowest BCUT2D eigenvalue weighted by atomic mass is 9.98. The van der Waals surface area contributed by atoms with Crippen LogP contribution in [0.4, 0.5) is 5.69 Å². The van der Waals surface area contributed by atoms with Gasteiger partial charge < -0.3 is 15.2 Å². The molecule has 0 aromatic carbocycles. The Morgan fingerprint density at radius 1 is 1.17 bits per heavy atom. The van der Waals surface area contributed by atoms with E-state index in [4.69, 9.17) is 5.10 Å². The van der Waals surface area contributed by atoms with Crippen molar-refractivity contribution in [1.82, 2.24) is 24.5 Å². The van der Waals surface area contributed by atoms with Gasteiger partial charge in [-0.1, -0.05) is 6.07 Å². The van der Waals surface area contributed by atoms with Gasteiger partial charge in [0.2, 0.25) is 0 Å². The van der Waals surface area contributed by atoms with E-state index in [2.05, 4.69) is 58.6 Å². The fraction of sp³-hybridized carbons (Fsp3) is 0.391. The van der Waals surface area contributed by atoms with Crippen LogP contribution in [0.1, 0.15) is 32.7 Å². The number of nitrogens with zero attached hydrogens (tertiary/aromatic N) is 4. The number of aromatic nitrogens is 4. The first-order valence-corrected chi connectivity index (χ1v) is 10.6. The standard InChI is InChI=1S/C23H28N6/c1-16(2)28-15-21(26-11-17-5-8-24-9-6-17)20-13-27-29-14-19(10-22(29)23(20)28)18-4-3-7-25-12-18/h3-4,7,10,12-17,24,26H,5-6,8-9,11H2,1-2H3. The maximum atomic E-state index is 4.72. The van der Waals surface area contributed by atoms with Crippen LogP contribution in [0.15, 0.2) is 49.2 Å². The maximum Gasteiger partial charge on any atom is 0.0896 e. The molecule has 4 aromatic rings. The van der Waals surface area contributed by atoms with Crippen LogP contribution in [0.25, 0.3) is 27.5 Å². The highest BCUT2D eigenvalue weighted by molar-refractivity contribution is 6.02. The van der Waals surface area contributed by atoms with E-state index in [0.29, 0.717) is 6.04 Å². The first kappa shape index (κ1) is 18.2. The molecule has 0 radical (unpaired) electrons. The van der Waals surface area contributed by atoms with Gasteiger partial charge in [-0.25, -0.2) is 4.52 Å². The van der Waals surface area contributed by atoms with Crippen molar-refractivity contribution < 1.29 is 0 Å². The van der Waals surface area contributed by atoms with E-state index in [1.54, 1.807) is 6.20 Å². The second-order valence-corrected chi connectivity index (χ2v) is 8.33. The number of nitrogens with one attached hydrogen (secondary N) is 2. The third-order valence-electron chi connectivity index (χ3n) is 6.02. The molecule has 4 aromatic heterocycles. The summed E-state index contributed by atoms with van der Waals surface area (Å²) in [4.78, 5) is 4.26. The predicted octanol–water partition coefficient (Wildman–Crippen LogP) is 4.34. The van der Waals surface area contributed by atoms with Crippen LogP contribution < -0.4 is 10.6 Å². The number of fused-ring (bicyclic) bond motifs is 3. The molecule has 0 amide bonds. The van der Waals surface area contributed by atoms with E-state index >= 15 is 0 Å². The summed E-state index contributed by atoms with van der Waals surface area (Å²) in [6.45, 7) is 7.75. The second-order valence-electron chi connectivity index (χ2n) is 8.33. The molecular formula is C23H28N6. The van der Waals surface area contributed by atoms with Crippen LogP contribution in [0, 0.1) is 5.92 Å². The van der Waals surface area contributed by atoms with E-state index in [1.165, 1.54) is 29.4 Å². The minimum Gasteiger partial charge on any atom is -0.383 e. The minimum absolute atomic E-state index is 0.370. The Kier molecular flexibility index (Phi) is 4.72. The highest BCUT2D eigenvalue weighted by Gasteiger charge is 2.18. The van der Waals surface area contributed by atoms with Crippen molar-refractivity contribution in [3.63, 3.8) is 0 Å². The second kappa shape index (κ2) is 7.52. The van der Waals surface area contributed by atoms with Crippen molar-refractivity contribution in [1.29, 1.82) is 0 Å². The van der Waals surface area contributed by atoms with Crippen molar-refractivity contribution in [2.45, 2.75) is 32.7 Å². The fourth-order valence-corrected chi connectivity index (χ4v) is 4.36. The smallest absolute Gasteiger partial charge is 0.0896 e. The first-order valence-electron chi connectivity index (χ1n) is 10.6. The average molecular weight is 389 g/mol. The molecular weight excluding hydrogens is 360 g/mol. The van der Waals surface area contributed by atoms with Crippen molar-refractivity contribution in [2.24, 2.45) is 5.92 Å². The summed E-state index contributed by atoms with van der Waals surface area (Å²) in [6.07, 6.45) is 12.5. The van der Waals surface area contributed by atoms with Gasteiger partial charge in [0.1, 0.15) is 0 Å². The normalized spacial score (nSPS) is 15.6. The molecule has 29 heavy (non-hydrogen) atoms. The molecule has 0 bridgehead atoms. The molecule has 1 fully saturated rings. The zero-order valence-corrected chi connectivity index (χ0v) is 17.1. The topological polar surface area (TPSA) is 59.2 Å². The number of pyridine rings is 1. The van der Waals surface area contributed by atoms with Crippen molar-refractivity contribution in [3.8, 4) is 11.1 Å². The number of piperidine rings is 1. The molecule has 0 atom stereocenters. The zero-order chi connectivity index (χ0) is 19.8. The van der Waals surface area contributed by atoms with Crippen molar-refractivity contribution in [2.75, 3.05) is 25.0 Å². The van der Waals surface area contributed by atoms with Crippen LogP contribution in [0.3, 0.4) is 0 Å². The average Bonchev–Trinajstić information content (AvgIpc) is 3.35. The summed E-state index contributed by atoms with van der Waals surface area (Å²) in [7, 11) is 0.